The number of alkyl halides is 1. The molecular weight excluding hydrogens is 188 g/mol. The summed E-state index contributed by atoms with van der Waals surface area (Å²) in [6, 6.07) is 5.72. The molecule has 0 fully saturated rings. The average molecular weight is 195 g/mol. The molecule has 0 aliphatic heterocycles. The number of fused-ring (bicyclic) bond motifs is 1. The molecule has 0 atom stereocenters. The number of aromatic nitrogens is 2. The van der Waals surface area contributed by atoms with Crippen LogP contribution in [-0.2, 0) is 0 Å². The van der Waals surface area contributed by atoms with Gasteiger partial charge in [0.15, 0.2) is 6.07 Å². The lowest BCUT2D eigenvalue weighted by Crippen LogP contribution is -1.89. The normalized spacial score (nSPS) is 10.2. The monoisotopic (exact) mass is 194 g/mol. The van der Waals surface area contributed by atoms with E-state index in [1.165, 1.54) is 6.33 Å². The average Bonchev–Trinajstić information content (AvgIpc) is 2.18. The van der Waals surface area contributed by atoms with Gasteiger partial charge in [0.25, 0.3) is 0 Å². The van der Waals surface area contributed by atoms with Gasteiger partial charge in [0.05, 0.1) is 5.52 Å². The van der Waals surface area contributed by atoms with Gasteiger partial charge in [-0.15, -0.1) is 0 Å². The van der Waals surface area contributed by atoms with Crippen molar-refractivity contribution in [3.05, 3.63) is 30.7 Å². The Hall–Kier alpha value is -1.35. The topological polar surface area (TPSA) is 35.0 Å². The van der Waals surface area contributed by atoms with Gasteiger partial charge in [-0.1, -0.05) is 11.6 Å². The second-order valence-electron chi connectivity index (χ2n) is 2.50. The number of benzene rings is 1. The molecule has 4 heteroatoms. The standard InChI is InChI=1S/C9H7ClN2O/c10-5-13-8-1-2-9-7(3-8)4-11-6-12-9/h1-4,6H,5H2. The van der Waals surface area contributed by atoms with Crippen LogP contribution >= 0.6 is 11.6 Å². The molecule has 2 aromatic rings. The number of hydrogen-bond donors (Lipinski definition) is 0. The van der Waals surface area contributed by atoms with E-state index in [4.69, 9.17) is 16.3 Å². The minimum Gasteiger partial charge on any atom is -0.478 e. The molecule has 0 N–H and O–H groups in total. The van der Waals surface area contributed by atoms with E-state index in [1.54, 1.807) is 6.20 Å². The quantitative estimate of drug-likeness (QED) is 0.688. The van der Waals surface area contributed by atoms with Gasteiger partial charge in [0.2, 0.25) is 0 Å². The first-order valence-electron chi connectivity index (χ1n) is 3.78. The van der Waals surface area contributed by atoms with Gasteiger partial charge < -0.3 is 4.74 Å². The van der Waals surface area contributed by atoms with Gasteiger partial charge in [-0.2, -0.15) is 0 Å². The molecule has 0 radical (unpaired) electrons. The van der Waals surface area contributed by atoms with E-state index in [0.717, 1.165) is 16.7 Å². The number of rotatable bonds is 2. The molecule has 0 bridgehead atoms. The lowest BCUT2D eigenvalue weighted by atomic mass is 10.2. The van der Waals surface area contributed by atoms with Crippen LogP contribution in [0.15, 0.2) is 30.7 Å². The maximum atomic E-state index is 5.43. The Balaban J connectivity index is 2.49. The fourth-order valence-electron chi connectivity index (χ4n) is 1.12. The molecule has 1 aromatic carbocycles. The molecule has 1 heterocycles. The zero-order chi connectivity index (χ0) is 9.10. The molecule has 0 saturated carbocycles. The molecule has 0 aliphatic carbocycles. The van der Waals surface area contributed by atoms with Crippen LogP contribution in [0.4, 0.5) is 0 Å². The SMILES string of the molecule is ClCOc1ccc2ncncc2c1. The second kappa shape index (κ2) is 3.58. The highest BCUT2D eigenvalue weighted by atomic mass is 35.5. The maximum Gasteiger partial charge on any atom is 0.162 e. The summed E-state index contributed by atoms with van der Waals surface area (Å²) < 4.78 is 5.12. The molecule has 66 valence electrons. The number of nitrogens with zero attached hydrogens (tertiary/aromatic N) is 2. The molecule has 0 spiro atoms. The predicted octanol–water partition coefficient (Wildman–Crippen LogP) is 2.20. The lowest BCUT2D eigenvalue weighted by molar-refractivity contribution is 0.388. The smallest absolute Gasteiger partial charge is 0.162 e. The Morgan fingerprint density at radius 3 is 3.15 bits per heavy atom. The van der Waals surface area contributed by atoms with Crippen LogP contribution in [0.2, 0.25) is 0 Å². The lowest BCUT2D eigenvalue weighted by Gasteiger charge is -2.01. The van der Waals surface area contributed by atoms with Crippen molar-refractivity contribution in [3.63, 3.8) is 0 Å². The summed E-state index contributed by atoms with van der Waals surface area (Å²) >= 11 is 5.43. The van der Waals surface area contributed by atoms with E-state index in [0.29, 0.717) is 0 Å². The third kappa shape index (κ3) is 1.70. The summed E-state index contributed by atoms with van der Waals surface area (Å²) in [7, 11) is 0. The van der Waals surface area contributed by atoms with E-state index in [-0.39, 0.29) is 6.07 Å². The first-order chi connectivity index (χ1) is 6.40. The Labute approximate surface area is 80.3 Å². The molecule has 0 unspecified atom stereocenters. The van der Waals surface area contributed by atoms with Crippen LogP contribution in [0.3, 0.4) is 0 Å². The Bertz CT molecular complexity index is 419. The molecule has 0 saturated heterocycles. The van der Waals surface area contributed by atoms with E-state index in [1.807, 2.05) is 18.2 Å². The third-order valence-electron chi connectivity index (χ3n) is 1.70. The van der Waals surface area contributed by atoms with Gasteiger partial charge in [-0.3, -0.25) is 0 Å². The Kier molecular flexibility index (Phi) is 2.27. The molecule has 1 aromatic heterocycles. The van der Waals surface area contributed by atoms with Gasteiger partial charge in [-0.25, -0.2) is 9.97 Å². The summed E-state index contributed by atoms with van der Waals surface area (Å²) in [5.41, 5.74) is 0.900. The van der Waals surface area contributed by atoms with Gasteiger partial charge in [0.1, 0.15) is 12.1 Å². The molecule has 3 nitrogen and oxygen atoms in total. The van der Waals surface area contributed by atoms with Crippen molar-refractivity contribution < 1.29 is 4.74 Å². The Morgan fingerprint density at radius 2 is 2.31 bits per heavy atom. The molecule has 0 amide bonds. The summed E-state index contributed by atoms with van der Waals surface area (Å²) in [5.74, 6) is 0.734. The maximum absolute atomic E-state index is 5.43. The van der Waals surface area contributed by atoms with Crippen LogP contribution < -0.4 is 4.74 Å². The predicted molar refractivity (Wildman–Crippen MR) is 50.9 cm³/mol. The van der Waals surface area contributed by atoms with E-state index in [2.05, 4.69) is 9.97 Å². The second-order valence-corrected chi connectivity index (χ2v) is 2.72. The summed E-state index contributed by atoms with van der Waals surface area (Å²) in [4.78, 5) is 8.00. The van der Waals surface area contributed by atoms with Gasteiger partial charge in [-0.05, 0) is 18.2 Å². The van der Waals surface area contributed by atoms with Crippen LogP contribution in [0.1, 0.15) is 0 Å². The van der Waals surface area contributed by atoms with Crippen molar-refractivity contribution in [2.45, 2.75) is 0 Å². The van der Waals surface area contributed by atoms with Gasteiger partial charge in [0, 0.05) is 11.6 Å². The highest BCUT2D eigenvalue weighted by molar-refractivity contribution is 6.17. The fraction of sp³-hybridized carbons (Fsp3) is 0.111. The zero-order valence-corrected chi connectivity index (χ0v) is 7.53. The number of halogens is 1. The third-order valence-corrected chi connectivity index (χ3v) is 1.81. The van der Waals surface area contributed by atoms with Crippen LogP contribution in [0.5, 0.6) is 5.75 Å². The first kappa shape index (κ1) is 8.26. The minimum atomic E-state index is 0.152. The minimum absolute atomic E-state index is 0.152. The molecule has 2 rings (SSSR count). The summed E-state index contributed by atoms with van der Waals surface area (Å²) in [6.45, 7) is 0. The van der Waals surface area contributed by atoms with E-state index < -0.39 is 0 Å². The van der Waals surface area contributed by atoms with Crippen molar-refractivity contribution in [2.24, 2.45) is 0 Å². The summed E-state index contributed by atoms with van der Waals surface area (Å²) in [5, 5.41) is 0.949. The molecular formula is C9H7ClN2O. The number of hydrogen-bond acceptors (Lipinski definition) is 3. The van der Waals surface area contributed by atoms with Crippen LogP contribution in [0, 0.1) is 0 Å². The van der Waals surface area contributed by atoms with E-state index in [9.17, 15) is 0 Å². The van der Waals surface area contributed by atoms with Crippen molar-refractivity contribution in [1.29, 1.82) is 0 Å². The van der Waals surface area contributed by atoms with Crippen LogP contribution in [0.25, 0.3) is 10.9 Å². The zero-order valence-electron chi connectivity index (χ0n) is 6.77. The molecule has 13 heavy (non-hydrogen) atoms. The van der Waals surface area contributed by atoms with Gasteiger partial charge >= 0.3 is 0 Å². The van der Waals surface area contributed by atoms with E-state index >= 15 is 0 Å². The Morgan fingerprint density at radius 1 is 1.38 bits per heavy atom. The van der Waals surface area contributed by atoms with Crippen LogP contribution in [-0.4, -0.2) is 16.0 Å². The molecule has 0 aliphatic rings. The first-order valence-corrected chi connectivity index (χ1v) is 4.32. The summed E-state index contributed by atoms with van der Waals surface area (Å²) in [6.07, 6.45) is 3.26. The van der Waals surface area contributed by atoms with Crippen molar-refractivity contribution in [2.75, 3.05) is 6.07 Å². The fourth-order valence-corrected chi connectivity index (χ4v) is 1.24. The number of ether oxygens (including phenoxy) is 1. The highest BCUT2D eigenvalue weighted by Gasteiger charge is 1.96. The highest BCUT2D eigenvalue weighted by Crippen LogP contribution is 2.18. The van der Waals surface area contributed by atoms with Crippen molar-refractivity contribution in [3.8, 4) is 5.75 Å². The van der Waals surface area contributed by atoms with Crippen molar-refractivity contribution >= 4 is 22.5 Å². The largest absolute Gasteiger partial charge is 0.478 e. The van der Waals surface area contributed by atoms with Crippen molar-refractivity contribution in [1.82, 2.24) is 9.97 Å².